The highest BCUT2D eigenvalue weighted by atomic mass is 32.2. The van der Waals surface area contributed by atoms with E-state index < -0.39 is 21.1 Å². The predicted octanol–water partition coefficient (Wildman–Crippen LogP) is 1.32. The van der Waals surface area contributed by atoms with Gasteiger partial charge in [-0.1, -0.05) is 25.1 Å². The molecule has 102 valence electrons. The fourth-order valence-electron chi connectivity index (χ4n) is 1.71. The number of hydrogen-bond donors (Lipinski definition) is 1. The van der Waals surface area contributed by atoms with Crippen LogP contribution in [0.4, 0.5) is 4.39 Å². The first-order valence-corrected chi connectivity index (χ1v) is 7.32. The van der Waals surface area contributed by atoms with E-state index in [2.05, 4.69) is 0 Å². The first kappa shape index (κ1) is 15.1. The van der Waals surface area contributed by atoms with Gasteiger partial charge in [-0.25, -0.2) is 17.1 Å². The van der Waals surface area contributed by atoms with Crippen molar-refractivity contribution >= 4 is 10.0 Å². The lowest BCUT2D eigenvalue weighted by Crippen LogP contribution is -2.39. The maximum absolute atomic E-state index is 13.5. The van der Waals surface area contributed by atoms with Gasteiger partial charge in [0.2, 0.25) is 10.0 Å². The quantitative estimate of drug-likeness (QED) is 0.851. The van der Waals surface area contributed by atoms with Crippen LogP contribution < -0.4 is 5.73 Å². The summed E-state index contributed by atoms with van der Waals surface area (Å²) in [6, 6.07) is 6.14. The molecular weight excluding hydrogens is 255 g/mol. The Kier molecular flexibility index (Phi) is 5.25. The Labute approximate surface area is 108 Å². The monoisotopic (exact) mass is 274 g/mol. The lowest BCUT2D eigenvalue weighted by Gasteiger charge is -2.22. The van der Waals surface area contributed by atoms with Gasteiger partial charge in [-0.15, -0.1) is 0 Å². The molecule has 0 heterocycles. The zero-order valence-electron chi connectivity index (χ0n) is 10.6. The van der Waals surface area contributed by atoms with Gasteiger partial charge in [0.15, 0.2) is 0 Å². The van der Waals surface area contributed by atoms with Crippen molar-refractivity contribution in [3.8, 4) is 0 Å². The van der Waals surface area contributed by atoms with Gasteiger partial charge in [0.05, 0.1) is 5.25 Å². The molecule has 18 heavy (non-hydrogen) atoms. The zero-order chi connectivity index (χ0) is 13.8. The number of benzene rings is 1. The minimum Gasteiger partial charge on any atom is -0.329 e. The Balaban J connectivity index is 2.89. The first-order chi connectivity index (χ1) is 8.43. The van der Waals surface area contributed by atoms with Crippen LogP contribution in [0.3, 0.4) is 0 Å². The molecule has 0 saturated carbocycles. The average molecular weight is 274 g/mol. The summed E-state index contributed by atoms with van der Waals surface area (Å²) in [5.74, 6) is -0.402. The smallest absolute Gasteiger partial charge is 0.218 e. The van der Waals surface area contributed by atoms with Crippen molar-refractivity contribution in [1.29, 1.82) is 0 Å². The van der Waals surface area contributed by atoms with Crippen molar-refractivity contribution in [3.63, 3.8) is 0 Å². The largest absolute Gasteiger partial charge is 0.329 e. The maximum Gasteiger partial charge on any atom is 0.218 e. The summed E-state index contributed by atoms with van der Waals surface area (Å²) < 4.78 is 38.9. The number of rotatable bonds is 6. The van der Waals surface area contributed by atoms with Crippen molar-refractivity contribution < 1.29 is 12.8 Å². The van der Waals surface area contributed by atoms with Crippen molar-refractivity contribution in [2.24, 2.45) is 5.73 Å². The van der Waals surface area contributed by atoms with Crippen molar-refractivity contribution in [1.82, 2.24) is 4.31 Å². The van der Waals surface area contributed by atoms with Gasteiger partial charge >= 0.3 is 0 Å². The average Bonchev–Trinajstić information content (AvgIpc) is 2.33. The molecule has 0 radical (unpaired) electrons. The van der Waals surface area contributed by atoms with Gasteiger partial charge in [-0.3, -0.25) is 0 Å². The third-order valence-corrected chi connectivity index (χ3v) is 5.29. The Bertz CT molecular complexity index is 487. The summed E-state index contributed by atoms with van der Waals surface area (Å²) in [6.45, 7) is 1.86. The molecule has 1 aromatic carbocycles. The Hall–Kier alpha value is -0.980. The summed E-state index contributed by atoms with van der Waals surface area (Å²) in [6.07, 6.45) is 0.445. The highest BCUT2D eigenvalue weighted by Crippen LogP contribution is 2.15. The van der Waals surface area contributed by atoms with Crippen LogP contribution in [0.2, 0.25) is 0 Å². The Morgan fingerprint density at radius 3 is 2.50 bits per heavy atom. The standard InChI is InChI=1S/C12H19FN2O2S/c1-3-11(8-14)18(16,17)15(2)9-10-6-4-5-7-12(10)13/h4-7,11H,3,8-9,14H2,1-2H3. The Morgan fingerprint density at radius 1 is 1.39 bits per heavy atom. The fourth-order valence-corrected chi connectivity index (χ4v) is 3.20. The molecule has 0 bridgehead atoms. The van der Waals surface area contributed by atoms with Gasteiger partial charge in [0.1, 0.15) is 5.82 Å². The molecule has 0 aliphatic rings. The van der Waals surface area contributed by atoms with E-state index in [1.54, 1.807) is 25.1 Å². The fraction of sp³-hybridized carbons (Fsp3) is 0.500. The van der Waals surface area contributed by atoms with Crippen molar-refractivity contribution in [3.05, 3.63) is 35.6 Å². The van der Waals surface area contributed by atoms with Crippen molar-refractivity contribution in [2.75, 3.05) is 13.6 Å². The molecule has 0 aliphatic heterocycles. The zero-order valence-corrected chi connectivity index (χ0v) is 11.5. The molecule has 6 heteroatoms. The molecule has 0 fully saturated rings. The second kappa shape index (κ2) is 6.26. The van der Waals surface area contributed by atoms with Crippen LogP contribution >= 0.6 is 0 Å². The number of nitrogens with two attached hydrogens (primary N) is 1. The summed E-state index contributed by atoms with van der Waals surface area (Å²) in [4.78, 5) is 0. The van der Waals surface area contributed by atoms with Crippen LogP contribution in [-0.4, -0.2) is 31.6 Å². The molecule has 0 spiro atoms. The molecule has 0 aliphatic carbocycles. The number of sulfonamides is 1. The van der Waals surface area contributed by atoms with Crippen LogP contribution in [-0.2, 0) is 16.6 Å². The summed E-state index contributed by atoms with van der Waals surface area (Å²) in [5.41, 5.74) is 5.81. The van der Waals surface area contributed by atoms with Gasteiger partial charge < -0.3 is 5.73 Å². The lowest BCUT2D eigenvalue weighted by atomic mass is 10.2. The first-order valence-electron chi connectivity index (χ1n) is 5.82. The van der Waals surface area contributed by atoms with E-state index in [1.807, 2.05) is 0 Å². The maximum atomic E-state index is 13.5. The van der Waals surface area contributed by atoms with Gasteiger partial charge in [-0.2, -0.15) is 0 Å². The highest BCUT2D eigenvalue weighted by Gasteiger charge is 2.27. The second-order valence-electron chi connectivity index (χ2n) is 4.16. The second-order valence-corrected chi connectivity index (χ2v) is 6.48. The molecule has 0 aromatic heterocycles. The number of halogens is 1. The van der Waals surface area contributed by atoms with Crippen molar-refractivity contribution in [2.45, 2.75) is 25.1 Å². The van der Waals surface area contributed by atoms with E-state index in [0.717, 1.165) is 4.31 Å². The summed E-state index contributed by atoms with van der Waals surface area (Å²) >= 11 is 0. The van der Waals surface area contributed by atoms with Crippen LogP contribution in [0.25, 0.3) is 0 Å². The Morgan fingerprint density at radius 2 is 2.00 bits per heavy atom. The number of hydrogen-bond acceptors (Lipinski definition) is 3. The van der Waals surface area contributed by atoms with Crippen LogP contribution in [0.5, 0.6) is 0 Å². The third-order valence-electron chi connectivity index (χ3n) is 2.92. The predicted molar refractivity (Wildman–Crippen MR) is 69.9 cm³/mol. The molecular formula is C12H19FN2O2S. The van der Waals surface area contributed by atoms with Gasteiger partial charge in [0.25, 0.3) is 0 Å². The molecule has 2 N–H and O–H groups in total. The number of nitrogens with zero attached hydrogens (tertiary/aromatic N) is 1. The minimum absolute atomic E-state index is 0.0194. The molecule has 1 rings (SSSR count). The topological polar surface area (TPSA) is 63.4 Å². The summed E-state index contributed by atoms with van der Waals surface area (Å²) in [7, 11) is -2.03. The molecule has 4 nitrogen and oxygen atoms in total. The minimum atomic E-state index is -3.47. The molecule has 0 amide bonds. The van der Waals surface area contributed by atoms with Gasteiger partial charge in [0, 0.05) is 25.7 Å². The van der Waals surface area contributed by atoms with E-state index in [-0.39, 0.29) is 13.1 Å². The molecule has 1 atom stereocenters. The van der Waals surface area contributed by atoms with Gasteiger partial charge in [-0.05, 0) is 12.5 Å². The third kappa shape index (κ3) is 3.28. The lowest BCUT2D eigenvalue weighted by molar-refractivity contribution is 0.444. The van der Waals surface area contributed by atoms with E-state index in [1.165, 1.54) is 13.1 Å². The SMILES string of the molecule is CCC(CN)S(=O)(=O)N(C)Cc1ccccc1F. The summed E-state index contributed by atoms with van der Waals surface area (Å²) in [5, 5.41) is -0.616. The van der Waals surface area contributed by atoms with Crippen LogP contribution in [0, 0.1) is 5.82 Å². The van der Waals surface area contributed by atoms with Crippen LogP contribution in [0.15, 0.2) is 24.3 Å². The molecule has 1 unspecified atom stereocenters. The van der Waals surface area contributed by atoms with E-state index >= 15 is 0 Å². The van der Waals surface area contributed by atoms with E-state index in [0.29, 0.717) is 12.0 Å². The van der Waals surface area contributed by atoms with E-state index in [4.69, 9.17) is 5.73 Å². The highest BCUT2D eigenvalue weighted by molar-refractivity contribution is 7.89. The molecule has 1 aromatic rings. The van der Waals surface area contributed by atoms with E-state index in [9.17, 15) is 12.8 Å². The molecule has 0 saturated heterocycles. The normalized spacial score (nSPS) is 13.8. The van der Waals surface area contributed by atoms with Crippen LogP contribution in [0.1, 0.15) is 18.9 Å².